The zero-order valence-electron chi connectivity index (χ0n) is 27.7. The molecule has 0 spiro atoms. The molecule has 0 aliphatic heterocycles. The molecule has 1 aliphatic carbocycles. The number of unbranched alkanes of at least 4 members (excludes halogenated alkanes) is 1. The van der Waals surface area contributed by atoms with Gasteiger partial charge in [0.2, 0.25) is 23.6 Å². The molecule has 2 aromatic rings. The van der Waals surface area contributed by atoms with Crippen LogP contribution in [0.4, 0.5) is 0 Å². The third-order valence-electron chi connectivity index (χ3n) is 7.54. The molecule has 12 heteroatoms. The van der Waals surface area contributed by atoms with E-state index >= 15 is 0 Å². The number of carbonyl (C=O) groups excluding carboxylic acids is 6. The van der Waals surface area contributed by atoms with Crippen LogP contribution in [0.25, 0.3) is 11.1 Å². The van der Waals surface area contributed by atoms with Gasteiger partial charge in [0, 0.05) is 12.8 Å². The zero-order chi connectivity index (χ0) is 35.6. The Labute approximate surface area is 281 Å². The number of hydrogen-bond acceptors (Lipinski definition) is 8. The molecule has 4 amide bonds. The summed E-state index contributed by atoms with van der Waals surface area (Å²) >= 11 is 0. The summed E-state index contributed by atoms with van der Waals surface area (Å²) in [6.07, 6.45) is 6.65. The molecule has 0 heterocycles. The van der Waals surface area contributed by atoms with Crippen LogP contribution in [0.2, 0.25) is 0 Å². The molecule has 0 fully saturated rings. The van der Waals surface area contributed by atoms with Gasteiger partial charge in [0.25, 0.3) is 0 Å². The van der Waals surface area contributed by atoms with Gasteiger partial charge in [-0.3, -0.25) is 24.0 Å². The number of amides is 4. The summed E-state index contributed by atoms with van der Waals surface area (Å²) in [5, 5.41) is 4.87. The lowest BCUT2D eigenvalue weighted by molar-refractivity contribution is -0.147. The molecule has 12 nitrogen and oxygen atoms in total. The Bertz CT molecular complexity index is 1440. The summed E-state index contributed by atoms with van der Waals surface area (Å²) in [6, 6.07) is 13.4. The first-order valence-corrected chi connectivity index (χ1v) is 15.8. The van der Waals surface area contributed by atoms with Gasteiger partial charge in [-0.05, 0) is 41.5 Å². The van der Waals surface area contributed by atoms with Gasteiger partial charge < -0.3 is 31.6 Å². The highest BCUT2D eigenvalue weighted by Crippen LogP contribution is 2.44. The highest BCUT2D eigenvalue weighted by atomic mass is 16.5. The number of methoxy groups -OCH3 is 1. The first kappa shape index (κ1) is 38.9. The molecular formula is C36H46N4O8. The molecule has 48 heavy (non-hydrogen) atoms. The van der Waals surface area contributed by atoms with Gasteiger partial charge in [-0.25, -0.2) is 4.79 Å². The first-order chi connectivity index (χ1) is 22.9. The number of rotatable bonds is 17. The number of benzene rings is 2. The summed E-state index contributed by atoms with van der Waals surface area (Å²) in [6.45, 7) is 7.01. The summed E-state index contributed by atoms with van der Waals surface area (Å²) in [7, 11) is 1.19. The Balaban J connectivity index is 0.00000149. The third kappa shape index (κ3) is 12.2. The van der Waals surface area contributed by atoms with E-state index in [9.17, 15) is 28.8 Å². The zero-order valence-corrected chi connectivity index (χ0v) is 27.7. The minimum absolute atomic E-state index is 0.00600. The van der Waals surface area contributed by atoms with Gasteiger partial charge in [-0.2, -0.15) is 0 Å². The van der Waals surface area contributed by atoms with Crippen LogP contribution in [0.15, 0.2) is 73.3 Å². The maximum Gasteiger partial charge on any atom is 0.328 e. The van der Waals surface area contributed by atoms with Gasteiger partial charge >= 0.3 is 11.9 Å². The lowest BCUT2D eigenvalue weighted by atomic mass is 9.97. The van der Waals surface area contributed by atoms with Crippen molar-refractivity contribution in [2.75, 3.05) is 13.7 Å². The van der Waals surface area contributed by atoms with Gasteiger partial charge in [0.15, 0.2) is 0 Å². The molecule has 0 radical (unpaired) electrons. The Morgan fingerprint density at radius 2 is 1.46 bits per heavy atom. The monoisotopic (exact) mass is 662 g/mol. The molecule has 3 rings (SSSR count). The van der Waals surface area contributed by atoms with Crippen LogP contribution in [0, 0.1) is 5.92 Å². The molecular weight excluding hydrogens is 616 g/mol. The highest BCUT2D eigenvalue weighted by Gasteiger charge is 2.31. The second-order valence-electron chi connectivity index (χ2n) is 11.2. The maximum atomic E-state index is 13.1. The summed E-state index contributed by atoms with van der Waals surface area (Å²) in [5.74, 6) is -5.43. The van der Waals surface area contributed by atoms with Crippen LogP contribution >= 0.6 is 0 Å². The highest BCUT2D eigenvalue weighted by molar-refractivity contribution is 5.92. The summed E-state index contributed by atoms with van der Waals surface area (Å²) in [5.41, 5.74) is 14.7. The molecule has 0 saturated carbocycles. The van der Waals surface area contributed by atoms with Crippen molar-refractivity contribution in [3.8, 4) is 11.1 Å². The molecule has 258 valence electrons. The Morgan fingerprint density at radius 3 is 1.94 bits per heavy atom. The molecule has 1 aliphatic rings. The summed E-state index contributed by atoms with van der Waals surface area (Å²) < 4.78 is 10.4. The van der Waals surface area contributed by atoms with Crippen LogP contribution in [0.5, 0.6) is 0 Å². The number of primary amides is 2. The predicted octanol–water partition coefficient (Wildman–Crippen LogP) is 3.18. The standard InChI is InChI=1S/C31H36N4O8.C5H10/c1-18(36)34-25(31(41)42-2)14-8-3-9-19(30(40)35-26(29(33)39)16-27(32)37)15-28(38)43-17-24-22-12-6-4-10-20(22)21-11-5-7-13-23(21)24;1-3-5-4-2/h3-8,10-13,19,24-26H,9,14-17H2,1-2H3,(H2,32,37)(H2,33,39)(H,34,36)(H,35,40);3H,1,4-5H2,2H3/t19-,25+,26+;/m1./s1. The predicted molar refractivity (Wildman–Crippen MR) is 181 cm³/mol. The van der Waals surface area contributed by atoms with Crippen molar-refractivity contribution in [2.24, 2.45) is 17.4 Å². The molecule has 2 aromatic carbocycles. The van der Waals surface area contributed by atoms with Crippen molar-refractivity contribution in [1.82, 2.24) is 10.6 Å². The van der Waals surface area contributed by atoms with Crippen molar-refractivity contribution in [1.29, 1.82) is 0 Å². The Kier molecular flexibility index (Phi) is 16.3. The minimum atomic E-state index is -1.36. The largest absolute Gasteiger partial charge is 0.467 e. The molecule has 0 bridgehead atoms. The number of hydrogen-bond donors (Lipinski definition) is 4. The Hall–Kier alpha value is -5.26. The van der Waals surface area contributed by atoms with Gasteiger partial charge in [-0.1, -0.05) is 80.1 Å². The van der Waals surface area contributed by atoms with E-state index in [0.29, 0.717) is 0 Å². The van der Waals surface area contributed by atoms with Gasteiger partial charge in [0.1, 0.15) is 18.7 Å². The SMILES string of the molecule is C=CCCC.COC(=O)[C@H](CC=CC[C@H](CC(=O)OCC1c2ccccc2-c2ccccc21)C(=O)N[C@@H](CC(N)=O)C(N)=O)NC(C)=O. The van der Waals surface area contributed by atoms with Crippen molar-refractivity contribution in [3.63, 3.8) is 0 Å². The van der Waals surface area contributed by atoms with Crippen molar-refractivity contribution >= 4 is 35.6 Å². The van der Waals surface area contributed by atoms with E-state index in [-0.39, 0.29) is 31.8 Å². The quantitative estimate of drug-likeness (QED) is 0.146. The lowest BCUT2D eigenvalue weighted by Gasteiger charge is -2.20. The van der Waals surface area contributed by atoms with E-state index in [0.717, 1.165) is 28.7 Å². The first-order valence-electron chi connectivity index (χ1n) is 15.8. The number of fused-ring (bicyclic) bond motifs is 3. The van der Waals surface area contributed by atoms with Crippen molar-refractivity contribution in [3.05, 3.63) is 84.5 Å². The summed E-state index contributed by atoms with van der Waals surface area (Å²) in [4.78, 5) is 72.7. The van der Waals surface area contributed by atoms with Crippen LogP contribution in [-0.4, -0.2) is 61.4 Å². The van der Waals surface area contributed by atoms with Gasteiger partial charge in [-0.15, -0.1) is 6.58 Å². The molecule has 3 atom stereocenters. The number of esters is 2. The van der Waals surface area contributed by atoms with Gasteiger partial charge in [0.05, 0.1) is 25.9 Å². The number of carbonyl (C=O) groups is 6. The van der Waals surface area contributed by atoms with Crippen LogP contribution in [0.1, 0.15) is 69.4 Å². The maximum absolute atomic E-state index is 13.1. The Morgan fingerprint density at radius 1 is 0.875 bits per heavy atom. The minimum Gasteiger partial charge on any atom is -0.467 e. The second-order valence-corrected chi connectivity index (χ2v) is 11.2. The van der Waals surface area contributed by atoms with Crippen LogP contribution in [-0.2, 0) is 38.2 Å². The topological polar surface area (TPSA) is 197 Å². The molecule has 0 aromatic heterocycles. The molecule has 0 unspecified atom stereocenters. The average Bonchev–Trinajstić information content (AvgIpc) is 3.37. The van der Waals surface area contributed by atoms with E-state index < -0.39 is 60.0 Å². The number of nitrogens with two attached hydrogens (primary N) is 2. The molecule has 6 N–H and O–H groups in total. The fourth-order valence-electron chi connectivity index (χ4n) is 5.17. The van der Waals surface area contributed by atoms with E-state index in [1.807, 2.05) is 54.6 Å². The van der Waals surface area contributed by atoms with Crippen molar-refractivity contribution in [2.45, 2.75) is 70.4 Å². The van der Waals surface area contributed by atoms with Crippen LogP contribution in [0.3, 0.4) is 0 Å². The normalized spacial score (nSPS) is 13.4. The number of ether oxygens (including phenoxy) is 2. The van der Waals surface area contributed by atoms with E-state index in [1.54, 1.807) is 12.2 Å². The molecule has 0 saturated heterocycles. The number of allylic oxidation sites excluding steroid dienone is 2. The average molecular weight is 663 g/mol. The fraction of sp³-hybridized carbons (Fsp3) is 0.389. The number of nitrogens with one attached hydrogen (secondary N) is 2. The van der Waals surface area contributed by atoms with Crippen molar-refractivity contribution < 1.29 is 38.2 Å². The van der Waals surface area contributed by atoms with Crippen LogP contribution < -0.4 is 22.1 Å². The third-order valence-corrected chi connectivity index (χ3v) is 7.54. The second kappa shape index (κ2) is 20.1. The fourth-order valence-corrected chi connectivity index (χ4v) is 5.17. The van der Waals surface area contributed by atoms with E-state index in [4.69, 9.17) is 20.9 Å². The smallest absolute Gasteiger partial charge is 0.328 e. The van der Waals surface area contributed by atoms with E-state index in [1.165, 1.54) is 20.5 Å². The lowest BCUT2D eigenvalue weighted by Crippen LogP contribution is -2.48. The van der Waals surface area contributed by atoms with E-state index in [2.05, 4.69) is 24.1 Å².